The van der Waals surface area contributed by atoms with Crippen LogP contribution in [-0.4, -0.2) is 22.3 Å². The van der Waals surface area contributed by atoms with Gasteiger partial charge < -0.3 is 4.90 Å². The predicted octanol–water partition coefficient (Wildman–Crippen LogP) is 3.17. The summed E-state index contributed by atoms with van der Waals surface area (Å²) in [6.07, 6.45) is 4.11. The summed E-state index contributed by atoms with van der Waals surface area (Å²) < 4.78 is 2.46. The van der Waals surface area contributed by atoms with Crippen molar-refractivity contribution >= 4 is 52.2 Å². The van der Waals surface area contributed by atoms with Crippen molar-refractivity contribution in [1.29, 1.82) is 0 Å². The highest BCUT2D eigenvalue weighted by molar-refractivity contribution is 7.08. The number of benzene rings is 1. The van der Waals surface area contributed by atoms with Crippen LogP contribution in [0.2, 0.25) is 0 Å². The van der Waals surface area contributed by atoms with E-state index in [1.54, 1.807) is 16.2 Å². The molecule has 0 aliphatic carbocycles. The number of nitrogens with zero attached hydrogens (tertiary/aromatic N) is 2. The van der Waals surface area contributed by atoms with E-state index in [2.05, 4.69) is 0 Å². The molecule has 32 heavy (non-hydrogen) atoms. The summed E-state index contributed by atoms with van der Waals surface area (Å²) in [6, 6.07) is 9.83. The van der Waals surface area contributed by atoms with E-state index in [9.17, 15) is 14.4 Å². The Balaban J connectivity index is 1.78. The number of carbonyl (C=O) groups excluding carboxylic acids is 2. The number of fused-ring (bicyclic) bond motifs is 1. The summed E-state index contributed by atoms with van der Waals surface area (Å²) in [7, 11) is 0. The number of para-hydroxylation sites is 1. The Hall–Kier alpha value is -2.77. The second-order valence-electron chi connectivity index (χ2n) is 9.10. The van der Waals surface area contributed by atoms with Gasteiger partial charge in [0.05, 0.1) is 4.53 Å². The molecule has 5 nitrogen and oxygen atoms in total. The Morgan fingerprint density at radius 1 is 1.19 bits per heavy atom. The summed E-state index contributed by atoms with van der Waals surface area (Å²) in [5, 5.41) is 3.91. The smallest absolute Gasteiger partial charge is 0.269 e. The van der Waals surface area contributed by atoms with Crippen molar-refractivity contribution in [3.8, 4) is 0 Å². The lowest BCUT2D eigenvalue weighted by molar-refractivity contribution is -0.120. The van der Waals surface area contributed by atoms with Gasteiger partial charge in [0.1, 0.15) is 11.2 Å². The highest BCUT2D eigenvalue weighted by Gasteiger charge is 2.31. The third-order valence-electron chi connectivity index (χ3n) is 5.54. The van der Waals surface area contributed by atoms with E-state index in [1.165, 1.54) is 22.0 Å². The number of thiazole rings is 1. The monoisotopic (exact) mass is 466 g/mol. The summed E-state index contributed by atoms with van der Waals surface area (Å²) in [4.78, 5) is 41.1. The highest BCUT2D eigenvalue weighted by atomic mass is 32.1. The average molecular weight is 467 g/mol. The van der Waals surface area contributed by atoms with Crippen LogP contribution in [0.1, 0.15) is 38.8 Å². The third kappa shape index (κ3) is 4.40. The summed E-state index contributed by atoms with van der Waals surface area (Å²) in [5.41, 5.74) is 2.14. The van der Waals surface area contributed by atoms with Gasteiger partial charge in [0, 0.05) is 23.2 Å². The molecule has 0 saturated carbocycles. The first-order valence-electron chi connectivity index (χ1n) is 10.5. The molecule has 0 saturated heterocycles. The Labute approximate surface area is 194 Å². The largest absolute Gasteiger partial charge is 0.307 e. The van der Waals surface area contributed by atoms with E-state index in [4.69, 9.17) is 0 Å². The van der Waals surface area contributed by atoms with Gasteiger partial charge in [-0.1, -0.05) is 39.0 Å². The van der Waals surface area contributed by atoms with Crippen molar-refractivity contribution in [1.82, 2.24) is 4.57 Å². The molecule has 0 unspecified atom stereocenters. The molecule has 7 heteroatoms. The molecule has 0 bridgehead atoms. The maximum absolute atomic E-state index is 13.4. The molecule has 166 valence electrons. The van der Waals surface area contributed by atoms with E-state index in [1.807, 2.05) is 74.9 Å². The lowest BCUT2D eigenvalue weighted by Crippen LogP contribution is -2.43. The van der Waals surface area contributed by atoms with E-state index in [-0.39, 0.29) is 29.8 Å². The van der Waals surface area contributed by atoms with Crippen LogP contribution >= 0.6 is 22.7 Å². The highest BCUT2D eigenvalue weighted by Crippen LogP contribution is 2.31. The van der Waals surface area contributed by atoms with E-state index in [0.29, 0.717) is 9.20 Å². The van der Waals surface area contributed by atoms with Crippen molar-refractivity contribution in [2.24, 2.45) is 5.41 Å². The Morgan fingerprint density at radius 2 is 1.94 bits per heavy atom. The van der Waals surface area contributed by atoms with Crippen molar-refractivity contribution in [3.05, 3.63) is 71.8 Å². The fourth-order valence-corrected chi connectivity index (χ4v) is 5.45. The first-order valence-corrected chi connectivity index (χ1v) is 12.3. The van der Waals surface area contributed by atoms with Crippen LogP contribution in [0.5, 0.6) is 0 Å². The Kier molecular flexibility index (Phi) is 6.05. The van der Waals surface area contributed by atoms with Crippen LogP contribution in [0.25, 0.3) is 12.2 Å². The topological polar surface area (TPSA) is 59.4 Å². The third-order valence-corrected chi connectivity index (χ3v) is 7.30. The molecule has 3 heterocycles. The van der Waals surface area contributed by atoms with Gasteiger partial charge in [-0.2, -0.15) is 11.3 Å². The van der Waals surface area contributed by atoms with Crippen LogP contribution in [-0.2, 0) is 22.6 Å². The SMILES string of the molecule is C[C@H]1Cc2ccccc2N1C(=O)Cn1c(=O)/c(=C\c2ccsc2)s/c1=C\C(=O)C(C)(C)C. The number of thiophene rings is 1. The number of rotatable bonds is 4. The van der Waals surface area contributed by atoms with Crippen LogP contribution in [0.3, 0.4) is 0 Å². The molecule has 0 N–H and O–H groups in total. The molecule has 4 rings (SSSR count). The first kappa shape index (κ1) is 22.4. The van der Waals surface area contributed by atoms with Crippen LogP contribution in [0.4, 0.5) is 5.69 Å². The number of ketones is 1. The van der Waals surface area contributed by atoms with E-state index < -0.39 is 5.41 Å². The van der Waals surface area contributed by atoms with Crippen molar-refractivity contribution < 1.29 is 9.59 Å². The summed E-state index contributed by atoms with van der Waals surface area (Å²) in [6.45, 7) is 7.44. The van der Waals surface area contributed by atoms with Crippen molar-refractivity contribution in [2.75, 3.05) is 4.90 Å². The molecule has 2 aromatic heterocycles. The van der Waals surface area contributed by atoms with Gasteiger partial charge in [-0.3, -0.25) is 19.0 Å². The van der Waals surface area contributed by atoms with Gasteiger partial charge in [-0.25, -0.2) is 0 Å². The number of aromatic nitrogens is 1. The number of amides is 1. The lowest BCUT2D eigenvalue weighted by Gasteiger charge is -2.23. The van der Waals surface area contributed by atoms with E-state index in [0.717, 1.165) is 23.2 Å². The maximum Gasteiger partial charge on any atom is 0.269 e. The number of Topliss-reactive ketones (excluding diaryl/α,β-unsaturated/α-hetero) is 1. The van der Waals surface area contributed by atoms with Gasteiger partial charge in [-0.15, -0.1) is 11.3 Å². The van der Waals surface area contributed by atoms with Gasteiger partial charge >= 0.3 is 0 Å². The molecule has 0 fully saturated rings. The zero-order chi connectivity index (χ0) is 23.0. The predicted molar refractivity (Wildman–Crippen MR) is 132 cm³/mol. The van der Waals surface area contributed by atoms with Crippen molar-refractivity contribution in [2.45, 2.75) is 46.7 Å². The Bertz CT molecular complexity index is 1340. The molecular weight excluding hydrogens is 440 g/mol. The molecule has 0 spiro atoms. The molecule has 0 radical (unpaired) electrons. The summed E-state index contributed by atoms with van der Waals surface area (Å²) >= 11 is 2.80. The summed E-state index contributed by atoms with van der Waals surface area (Å²) in [5.74, 6) is -0.232. The molecule has 1 aliphatic heterocycles. The van der Waals surface area contributed by atoms with Crippen LogP contribution in [0, 0.1) is 5.41 Å². The number of anilines is 1. The molecule has 3 aromatic rings. The maximum atomic E-state index is 13.4. The van der Waals surface area contributed by atoms with E-state index >= 15 is 0 Å². The fourth-order valence-electron chi connectivity index (χ4n) is 3.79. The second-order valence-corrected chi connectivity index (χ2v) is 10.9. The molecule has 1 atom stereocenters. The number of hydrogen-bond donors (Lipinski definition) is 0. The van der Waals surface area contributed by atoms with Gasteiger partial charge in [0.25, 0.3) is 5.56 Å². The normalized spacial score (nSPS) is 17.1. The Morgan fingerprint density at radius 3 is 2.62 bits per heavy atom. The number of carbonyl (C=O) groups is 2. The first-order chi connectivity index (χ1) is 15.1. The van der Waals surface area contributed by atoms with Gasteiger partial charge in [0.15, 0.2) is 5.78 Å². The van der Waals surface area contributed by atoms with Gasteiger partial charge in [-0.05, 0) is 53.4 Å². The minimum atomic E-state index is -0.575. The minimum absolute atomic E-state index is 0.0229. The molecule has 1 aromatic carbocycles. The quantitative estimate of drug-likeness (QED) is 0.594. The molecule has 1 aliphatic rings. The number of hydrogen-bond acceptors (Lipinski definition) is 5. The average Bonchev–Trinajstić information content (AvgIpc) is 3.42. The van der Waals surface area contributed by atoms with Crippen LogP contribution in [0.15, 0.2) is 45.9 Å². The molecule has 1 amide bonds. The zero-order valence-corrected chi connectivity index (χ0v) is 20.3. The standard InChI is InChI=1S/C25H26N2O3S2/c1-16-11-18-7-5-6-8-19(18)27(16)22(29)14-26-23(13-21(28)25(2,3)4)32-20(24(26)30)12-17-9-10-31-15-17/h5-10,12-13,15-16H,11,14H2,1-4H3/b20-12+,23-13-/t16-/m0/s1. The van der Waals surface area contributed by atoms with Gasteiger partial charge in [0.2, 0.25) is 5.91 Å². The molecular formula is C25H26N2O3S2. The zero-order valence-electron chi connectivity index (χ0n) is 18.6. The van der Waals surface area contributed by atoms with Crippen LogP contribution < -0.4 is 19.7 Å². The fraction of sp³-hybridized carbons (Fsp3) is 0.320. The lowest BCUT2D eigenvalue weighted by atomic mass is 9.91. The second kappa shape index (κ2) is 8.64. The van der Waals surface area contributed by atoms with Crippen molar-refractivity contribution in [3.63, 3.8) is 0 Å². The minimum Gasteiger partial charge on any atom is -0.307 e.